The molecule has 1 N–H and O–H groups in total. The van der Waals surface area contributed by atoms with Gasteiger partial charge < -0.3 is 15.1 Å². The SMILES string of the molecule is N#Cc1ccc(N2CC(CN3CCC(Nc4ncnc5cnc(Cl)cc45)CC3)C2)cc1. The number of benzene rings is 1. The van der Waals surface area contributed by atoms with Gasteiger partial charge in [0.25, 0.3) is 0 Å². The second-order valence-electron chi connectivity index (χ2n) is 8.40. The fourth-order valence-corrected chi connectivity index (χ4v) is 4.67. The highest BCUT2D eigenvalue weighted by molar-refractivity contribution is 6.30. The average molecular weight is 434 g/mol. The molecule has 31 heavy (non-hydrogen) atoms. The van der Waals surface area contributed by atoms with Crippen LogP contribution in [0.3, 0.4) is 0 Å². The molecule has 0 unspecified atom stereocenters. The molecule has 2 saturated heterocycles. The Bertz CT molecular complexity index is 1100. The van der Waals surface area contributed by atoms with Crippen molar-refractivity contribution in [2.75, 3.05) is 42.9 Å². The van der Waals surface area contributed by atoms with Gasteiger partial charge in [-0.3, -0.25) is 0 Å². The lowest BCUT2D eigenvalue weighted by molar-refractivity contribution is 0.174. The molecule has 0 aliphatic carbocycles. The van der Waals surface area contributed by atoms with E-state index in [9.17, 15) is 0 Å². The number of hydrogen-bond donors (Lipinski definition) is 1. The van der Waals surface area contributed by atoms with E-state index in [0.717, 1.165) is 62.3 Å². The zero-order chi connectivity index (χ0) is 21.2. The fraction of sp³-hybridized carbons (Fsp3) is 0.391. The summed E-state index contributed by atoms with van der Waals surface area (Å²) in [5, 5.41) is 13.9. The first-order chi connectivity index (χ1) is 15.2. The number of fused-ring (bicyclic) bond motifs is 1. The predicted molar refractivity (Wildman–Crippen MR) is 122 cm³/mol. The molecule has 0 spiro atoms. The van der Waals surface area contributed by atoms with Crippen LogP contribution in [-0.2, 0) is 0 Å². The maximum absolute atomic E-state index is 8.93. The number of nitrogens with zero attached hydrogens (tertiary/aromatic N) is 6. The smallest absolute Gasteiger partial charge is 0.137 e. The summed E-state index contributed by atoms with van der Waals surface area (Å²) >= 11 is 6.07. The minimum absolute atomic E-state index is 0.401. The Kier molecular flexibility index (Phi) is 5.58. The molecule has 8 heteroatoms. The third-order valence-electron chi connectivity index (χ3n) is 6.25. The molecule has 2 aliphatic heterocycles. The van der Waals surface area contributed by atoms with E-state index >= 15 is 0 Å². The summed E-state index contributed by atoms with van der Waals surface area (Å²) in [6, 6.07) is 12.3. The molecule has 0 saturated carbocycles. The number of nitrogens with one attached hydrogen (secondary N) is 1. The molecule has 0 atom stereocenters. The van der Waals surface area contributed by atoms with Crippen LogP contribution in [0.4, 0.5) is 11.5 Å². The van der Waals surface area contributed by atoms with Crippen LogP contribution in [0, 0.1) is 17.2 Å². The first kappa shape index (κ1) is 20.0. The van der Waals surface area contributed by atoms with Crippen LogP contribution in [0.25, 0.3) is 10.9 Å². The monoisotopic (exact) mass is 433 g/mol. The van der Waals surface area contributed by atoms with E-state index in [1.807, 2.05) is 30.3 Å². The minimum atomic E-state index is 0.401. The summed E-state index contributed by atoms with van der Waals surface area (Å²) in [5.74, 6) is 1.55. The van der Waals surface area contributed by atoms with Gasteiger partial charge in [0, 0.05) is 55.8 Å². The van der Waals surface area contributed by atoms with E-state index in [0.29, 0.717) is 22.7 Å². The topological polar surface area (TPSA) is 81.0 Å². The van der Waals surface area contributed by atoms with Gasteiger partial charge in [0.15, 0.2) is 0 Å². The predicted octanol–water partition coefficient (Wildman–Crippen LogP) is 3.56. The van der Waals surface area contributed by atoms with Gasteiger partial charge in [0.1, 0.15) is 17.3 Å². The zero-order valence-electron chi connectivity index (χ0n) is 17.2. The Hall–Kier alpha value is -2.95. The van der Waals surface area contributed by atoms with Crippen molar-refractivity contribution in [1.82, 2.24) is 19.9 Å². The molecule has 158 valence electrons. The summed E-state index contributed by atoms with van der Waals surface area (Å²) in [4.78, 5) is 17.8. The lowest BCUT2D eigenvalue weighted by Crippen LogP contribution is -2.53. The van der Waals surface area contributed by atoms with E-state index < -0.39 is 0 Å². The van der Waals surface area contributed by atoms with Crippen molar-refractivity contribution in [3.63, 3.8) is 0 Å². The number of halogens is 1. The lowest BCUT2D eigenvalue weighted by Gasteiger charge is -2.44. The fourth-order valence-electron chi connectivity index (χ4n) is 4.51. The van der Waals surface area contributed by atoms with E-state index in [-0.39, 0.29) is 0 Å². The van der Waals surface area contributed by atoms with Crippen molar-refractivity contribution in [1.29, 1.82) is 5.26 Å². The van der Waals surface area contributed by atoms with Crippen molar-refractivity contribution in [3.05, 3.63) is 53.6 Å². The summed E-state index contributed by atoms with van der Waals surface area (Å²) in [7, 11) is 0. The maximum atomic E-state index is 8.93. The molecule has 1 aromatic carbocycles. The summed E-state index contributed by atoms with van der Waals surface area (Å²) in [6.07, 6.45) is 5.45. The molecule has 5 rings (SSSR count). The average Bonchev–Trinajstić information content (AvgIpc) is 2.77. The molecular weight excluding hydrogens is 410 g/mol. The van der Waals surface area contributed by atoms with Crippen molar-refractivity contribution in [3.8, 4) is 6.07 Å². The number of nitriles is 1. The Balaban J connectivity index is 1.10. The second-order valence-corrected chi connectivity index (χ2v) is 8.78. The Morgan fingerprint density at radius 2 is 1.87 bits per heavy atom. The van der Waals surface area contributed by atoms with Crippen molar-refractivity contribution in [2.45, 2.75) is 18.9 Å². The van der Waals surface area contributed by atoms with Crippen LogP contribution in [0.5, 0.6) is 0 Å². The van der Waals surface area contributed by atoms with Crippen LogP contribution in [0.1, 0.15) is 18.4 Å². The van der Waals surface area contributed by atoms with E-state index in [1.54, 1.807) is 12.5 Å². The van der Waals surface area contributed by atoms with Gasteiger partial charge in [-0.05, 0) is 43.2 Å². The van der Waals surface area contributed by atoms with E-state index in [4.69, 9.17) is 16.9 Å². The van der Waals surface area contributed by atoms with Gasteiger partial charge in [-0.2, -0.15) is 5.26 Å². The van der Waals surface area contributed by atoms with Crippen LogP contribution in [0.2, 0.25) is 5.15 Å². The van der Waals surface area contributed by atoms with E-state index in [1.165, 1.54) is 5.69 Å². The molecule has 7 nitrogen and oxygen atoms in total. The molecular formula is C23H24ClN7. The van der Waals surface area contributed by atoms with Crippen LogP contribution >= 0.6 is 11.6 Å². The third kappa shape index (κ3) is 4.41. The summed E-state index contributed by atoms with van der Waals surface area (Å²) < 4.78 is 0. The summed E-state index contributed by atoms with van der Waals surface area (Å²) in [6.45, 7) is 5.52. The molecule has 2 aromatic heterocycles. The second kappa shape index (κ2) is 8.66. The number of piperidine rings is 1. The summed E-state index contributed by atoms with van der Waals surface area (Å²) in [5.41, 5.74) is 2.73. The number of anilines is 2. The highest BCUT2D eigenvalue weighted by Crippen LogP contribution is 2.27. The maximum Gasteiger partial charge on any atom is 0.137 e. The Labute approximate surface area is 186 Å². The quantitative estimate of drug-likeness (QED) is 0.616. The minimum Gasteiger partial charge on any atom is -0.371 e. The first-order valence-electron chi connectivity index (χ1n) is 10.7. The van der Waals surface area contributed by atoms with Gasteiger partial charge in [0.2, 0.25) is 0 Å². The number of pyridine rings is 1. The largest absolute Gasteiger partial charge is 0.371 e. The molecule has 2 aliphatic rings. The molecule has 0 radical (unpaired) electrons. The first-order valence-corrected chi connectivity index (χ1v) is 11.1. The van der Waals surface area contributed by atoms with Crippen molar-refractivity contribution in [2.24, 2.45) is 5.92 Å². The third-order valence-corrected chi connectivity index (χ3v) is 6.46. The van der Waals surface area contributed by atoms with Gasteiger partial charge in [-0.25, -0.2) is 15.0 Å². The molecule has 0 bridgehead atoms. The standard InChI is InChI=1S/C23H24ClN7/c24-22-9-20-21(11-26-22)27-15-28-23(20)29-18-5-7-30(8-6-18)12-17-13-31(14-17)19-3-1-16(10-25)2-4-19/h1-4,9,11,15,17-18H,5-8,12-14H2,(H,27,28,29). The van der Waals surface area contributed by atoms with Crippen molar-refractivity contribution >= 4 is 34.0 Å². The number of hydrogen-bond acceptors (Lipinski definition) is 7. The van der Waals surface area contributed by atoms with Gasteiger partial charge >= 0.3 is 0 Å². The Morgan fingerprint density at radius 1 is 1.10 bits per heavy atom. The van der Waals surface area contributed by atoms with Gasteiger partial charge in [-0.15, -0.1) is 0 Å². The highest BCUT2D eigenvalue weighted by Gasteiger charge is 2.30. The van der Waals surface area contributed by atoms with Gasteiger partial charge in [0.05, 0.1) is 23.3 Å². The molecule has 2 fully saturated rings. The zero-order valence-corrected chi connectivity index (χ0v) is 18.0. The number of aromatic nitrogens is 3. The van der Waals surface area contributed by atoms with Gasteiger partial charge in [-0.1, -0.05) is 11.6 Å². The number of likely N-dealkylation sites (tertiary alicyclic amines) is 1. The normalized spacial score (nSPS) is 18.0. The Morgan fingerprint density at radius 3 is 2.61 bits per heavy atom. The molecule has 0 amide bonds. The van der Waals surface area contributed by atoms with Crippen LogP contribution in [-0.4, -0.2) is 58.6 Å². The van der Waals surface area contributed by atoms with Crippen molar-refractivity contribution < 1.29 is 0 Å². The van der Waals surface area contributed by atoms with Crippen LogP contribution < -0.4 is 10.2 Å². The highest BCUT2D eigenvalue weighted by atomic mass is 35.5. The van der Waals surface area contributed by atoms with E-state index in [2.05, 4.69) is 36.1 Å². The lowest BCUT2D eigenvalue weighted by atomic mass is 9.96. The molecule has 3 aromatic rings. The number of rotatable bonds is 5. The van der Waals surface area contributed by atoms with Crippen LogP contribution in [0.15, 0.2) is 42.9 Å². The molecule has 4 heterocycles.